The summed E-state index contributed by atoms with van der Waals surface area (Å²) in [5, 5.41) is 3.13. The zero-order valence-corrected chi connectivity index (χ0v) is 10.6. The van der Waals surface area contributed by atoms with Crippen LogP contribution in [0.1, 0.15) is 5.56 Å². The largest absolute Gasteiger partial charge is 0.383 e. The molecular weight excluding hydrogens is 230 g/mol. The Labute approximate surface area is 107 Å². The lowest BCUT2D eigenvalue weighted by Crippen LogP contribution is -2.52. The molecule has 0 aromatic carbocycles. The summed E-state index contributed by atoms with van der Waals surface area (Å²) in [5.74, 6) is 0.327. The van der Waals surface area contributed by atoms with Gasteiger partial charge in [0.1, 0.15) is 0 Å². The third-order valence-corrected chi connectivity index (χ3v) is 3.10. The average molecular weight is 249 g/mol. The number of aromatic nitrogens is 1. The van der Waals surface area contributed by atoms with E-state index in [1.165, 1.54) is 0 Å². The van der Waals surface area contributed by atoms with Gasteiger partial charge in [-0.3, -0.25) is 9.78 Å². The van der Waals surface area contributed by atoms with Crippen molar-refractivity contribution >= 4 is 5.91 Å². The topological polar surface area (TPSA) is 54.5 Å². The molecule has 1 aromatic heterocycles. The van der Waals surface area contributed by atoms with E-state index in [1.54, 1.807) is 19.5 Å². The normalized spacial score (nSPS) is 15.2. The fourth-order valence-corrected chi connectivity index (χ4v) is 1.90. The van der Waals surface area contributed by atoms with Crippen LogP contribution in [-0.2, 0) is 16.1 Å². The van der Waals surface area contributed by atoms with Crippen molar-refractivity contribution in [1.82, 2.24) is 15.2 Å². The number of pyridine rings is 1. The maximum Gasteiger partial charge on any atom is 0.228 e. The van der Waals surface area contributed by atoms with E-state index in [-0.39, 0.29) is 11.8 Å². The predicted molar refractivity (Wildman–Crippen MR) is 67.9 cm³/mol. The quantitative estimate of drug-likeness (QED) is 0.786. The number of nitrogens with zero attached hydrogens (tertiary/aromatic N) is 2. The Morgan fingerprint density at radius 1 is 1.61 bits per heavy atom. The van der Waals surface area contributed by atoms with Gasteiger partial charge in [-0.2, -0.15) is 0 Å². The van der Waals surface area contributed by atoms with Crippen LogP contribution in [0.3, 0.4) is 0 Å². The van der Waals surface area contributed by atoms with Crippen molar-refractivity contribution in [2.24, 2.45) is 5.92 Å². The van der Waals surface area contributed by atoms with Crippen LogP contribution < -0.4 is 5.32 Å². The van der Waals surface area contributed by atoms with Gasteiger partial charge in [-0.05, 0) is 11.6 Å². The van der Waals surface area contributed by atoms with Gasteiger partial charge >= 0.3 is 0 Å². The molecule has 2 heterocycles. The Kier molecular flexibility index (Phi) is 4.66. The maximum absolute atomic E-state index is 12.2. The molecule has 18 heavy (non-hydrogen) atoms. The van der Waals surface area contributed by atoms with Gasteiger partial charge in [0.15, 0.2) is 0 Å². The first kappa shape index (κ1) is 13.0. The van der Waals surface area contributed by atoms with Crippen LogP contribution in [0.2, 0.25) is 0 Å². The van der Waals surface area contributed by atoms with Gasteiger partial charge in [0, 0.05) is 45.7 Å². The van der Waals surface area contributed by atoms with Crippen LogP contribution >= 0.6 is 0 Å². The Morgan fingerprint density at radius 3 is 3.00 bits per heavy atom. The number of hydrogen-bond acceptors (Lipinski definition) is 4. The lowest BCUT2D eigenvalue weighted by atomic mass is 10.0. The molecule has 1 fully saturated rings. The highest BCUT2D eigenvalue weighted by molar-refractivity contribution is 5.80. The Morgan fingerprint density at radius 2 is 2.44 bits per heavy atom. The van der Waals surface area contributed by atoms with Crippen molar-refractivity contribution in [2.45, 2.75) is 6.54 Å². The first-order chi connectivity index (χ1) is 8.81. The number of carbonyl (C=O) groups excluding carboxylic acids is 1. The summed E-state index contributed by atoms with van der Waals surface area (Å²) >= 11 is 0. The standard InChI is InChI=1S/C13H19N3O2/c1-18-6-5-16(13(17)12-8-15-9-12)10-11-3-2-4-14-7-11/h2-4,7,12,15H,5-6,8-10H2,1H3. The smallest absolute Gasteiger partial charge is 0.228 e. The highest BCUT2D eigenvalue weighted by atomic mass is 16.5. The highest BCUT2D eigenvalue weighted by Crippen LogP contribution is 2.11. The molecule has 0 saturated carbocycles. The minimum Gasteiger partial charge on any atom is -0.383 e. The van der Waals surface area contributed by atoms with Crippen LogP contribution in [0.5, 0.6) is 0 Å². The Hall–Kier alpha value is -1.46. The fraction of sp³-hybridized carbons (Fsp3) is 0.538. The number of nitrogens with one attached hydrogen (secondary N) is 1. The van der Waals surface area contributed by atoms with E-state index in [2.05, 4.69) is 10.3 Å². The zero-order valence-electron chi connectivity index (χ0n) is 10.6. The summed E-state index contributed by atoms with van der Waals surface area (Å²) in [7, 11) is 1.65. The van der Waals surface area contributed by atoms with E-state index >= 15 is 0 Å². The molecule has 98 valence electrons. The average Bonchev–Trinajstić information content (AvgIpc) is 2.33. The van der Waals surface area contributed by atoms with Crippen molar-refractivity contribution < 1.29 is 9.53 Å². The predicted octanol–water partition coefficient (Wildman–Crippen LogP) is 0.276. The van der Waals surface area contributed by atoms with Crippen LogP contribution in [0.4, 0.5) is 0 Å². The fourth-order valence-electron chi connectivity index (χ4n) is 1.90. The van der Waals surface area contributed by atoms with Crippen molar-refractivity contribution in [3.8, 4) is 0 Å². The van der Waals surface area contributed by atoms with Gasteiger partial charge in [0.05, 0.1) is 12.5 Å². The third-order valence-electron chi connectivity index (χ3n) is 3.10. The van der Waals surface area contributed by atoms with Gasteiger partial charge in [0.2, 0.25) is 5.91 Å². The van der Waals surface area contributed by atoms with E-state index in [0.717, 1.165) is 18.7 Å². The molecule has 0 aliphatic carbocycles. The van der Waals surface area contributed by atoms with E-state index in [9.17, 15) is 4.79 Å². The second-order valence-corrected chi connectivity index (χ2v) is 4.47. The lowest BCUT2D eigenvalue weighted by molar-refractivity contribution is -0.138. The molecule has 1 aliphatic rings. The summed E-state index contributed by atoms with van der Waals surface area (Å²) in [5.41, 5.74) is 1.05. The molecule has 1 saturated heterocycles. The van der Waals surface area contributed by atoms with Gasteiger partial charge in [-0.15, -0.1) is 0 Å². The van der Waals surface area contributed by atoms with Crippen molar-refractivity contribution in [3.63, 3.8) is 0 Å². The molecule has 0 spiro atoms. The molecule has 5 nitrogen and oxygen atoms in total. The van der Waals surface area contributed by atoms with Gasteiger partial charge in [0.25, 0.3) is 0 Å². The molecule has 2 rings (SSSR count). The van der Waals surface area contributed by atoms with E-state index < -0.39 is 0 Å². The monoisotopic (exact) mass is 249 g/mol. The number of ether oxygens (including phenoxy) is 1. The second-order valence-electron chi connectivity index (χ2n) is 4.47. The first-order valence-corrected chi connectivity index (χ1v) is 6.18. The Bertz CT molecular complexity index is 379. The first-order valence-electron chi connectivity index (χ1n) is 6.18. The van der Waals surface area contributed by atoms with Crippen LogP contribution in [0.15, 0.2) is 24.5 Å². The minimum absolute atomic E-state index is 0.124. The summed E-state index contributed by atoms with van der Waals surface area (Å²) in [6.45, 7) is 3.37. The Balaban J connectivity index is 1.97. The zero-order chi connectivity index (χ0) is 12.8. The molecule has 0 unspecified atom stereocenters. The van der Waals surface area contributed by atoms with E-state index in [4.69, 9.17) is 4.74 Å². The molecule has 5 heteroatoms. The van der Waals surface area contributed by atoms with Gasteiger partial charge < -0.3 is 15.0 Å². The summed E-state index contributed by atoms with van der Waals surface area (Å²) in [6.07, 6.45) is 3.53. The van der Waals surface area contributed by atoms with Crippen molar-refractivity contribution in [1.29, 1.82) is 0 Å². The lowest BCUT2D eigenvalue weighted by Gasteiger charge is -2.32. The number of methoxy groups -OCH3 is 1. The number of hydrogen-bond donors (Lipinski definition) is 1. The van der Waals surface area contributed by atoms with Crippen molar-refractivity contribution in [3.05, 3.63) is 30.1 Å². The molecular formula is C13H19N3O2. The van der Waals surface area contributed by atoms with Gasteiger partial charge in [-0.25, -0.2) is 0 Å². The van der Waals surface area contributed by atoms with Crippen LogP contribution in [0, 0.1) is 5.92 Å². The van der Waals surface area contributed by atoms with E-state index in [1.807, 2.05) is 17.0 Å². The molecule has 0 atom stereocenters. The van der Waals surface area contributed by atoms with E-state index in [0.29, 0.717) is 19.7 Å². The number of amides is 1. The highest BCUT2D eigenvalue weighted by Gasteiger charge is 2.29. The van der Waals surface area contributed by atoms with Crippen LogP contribution in [-0.4, -0.2) is 49.1 Å². The van der Waals surface area contributed by atoms with Crippen molar-refractivity contribution in [2.75, 3.05) is 33.4 Å². The maximum atomic E-state index is 12.2. The summed E-state index contributed by atoms with van der Waals surface area (Å²) in [6, 6.07) is 3.87. The SMILES string of the molecule is COCCN(Cc1cccnc1)C(=O)C1CNC1. The third kappa shape index (κ3) is 3.27. The summed E-state index contributed by atoms with van der Waals surface area (Å²) < 4.78 is 5.07. The molecule has 1 aromatic rings. The van der Waals surface area contributed by atoms with Crippen LogP contribution in [0.25, 0.3) is 0 Å². The molecule has 1 aliphatic heterocycles. The second kappa shape index (κ2) is 6.47. The number of carbonyl (C=O) groups is 1. The molecule has 1 N–H and O–H groups in total. The van der Waals surface area contributed by atoms with Gasteiger partial charge in [-0.1, -0.05) is 6.07 Å². The summed E-state index contributed by atoms with van der Waals surface area (Å²) in [4.78, 5) is 18.2. The minimum atomic E-state index is 0.124. The molecule has 0 radical (unpaired) electrons. The molecule has 1 amide bonds. The number of rotatable bonds is 6. The molecule has 0 bridgehead atoms.